The summed E-state index contributed by atoms with van der Waals surface area (Å²) in [5.74, 6) is -0.257. The van der Waals surface area contributed by atoms with E-state index in [9.17, 15) is 4.79 Å². The fourth-order valence-corrected chi connectivity index (χ4v) is 3.03. The average molecular weight is 279 g/mol. The van der Waals surface area contributed by atoms with Gasteiger partial charge in [0.2, 0.25) is 0 Å². The number of benzene rings is 1. The molecule has 0 aliphatic rings. The summed E-state index contributed by atoms with van der Waals surface area (Å²) < 4.78 is 4.95. The van der Waals surface area contributed by atoms with Crippen LogP contribution in [0, 0.1) is 0 Å². The third kappa shape index (κ3) is 6.43. The number of carbonyl (C=O) groups excluding carboxylic acids is 1. The molecule has 106 valence electrons. The lowest BCUT2D eigenvalue weighted by Gasteiger charge is -2.15. The summed E-state index contributed by atoms with van der Waals surface area (Å²) in [5, 5.41) is 3.39. The zero-order chi connectivity index (χ0) is 14.3. The molecule has 1 aromatic rings. The number of rotatable bonds is 7. The molecule has 0 aliphatic heterocycles. The molecule has 0 fully saturated rings. The van der Waals surface area contributed by atoms with E-state index in [0.717, 1.165) is 12.2 Å². The van der Waals surface area contributed by atoms with Gasteiger partial charge in [-0.2, -0.15) is 0 Å². The van der Waals surface area contributed by atoms with E-state index in [1.54, 1.807) is 12.1 Å². The Bertz CT molecular complexity index is 396. The summed E-state index contributed by atoms with van der Waals surface area (Å²) in [4.78, 5) is 11.5. The van der Waals surface area contributed by atoms with E-state index in [1.807, 2.05) is 19.1 Å². The number of hydrogen-bond acceptors (Lipinski definition) is 3. The minimum Gasteiger partial charge on any atom is -0.462 e. The zero-order valence-electron chi connectivity index (χ0n) is 12.5. The first-order chi connectivity index (χ1) is 8.92. The summed E-state index contributed by atoms with van der Waals surface area (Å²) >= 11 is 0. The molecule has 0 saturated heterocycles. The number of esters is 1. The first-order valence-corrected chi connectivity index (χ1v) is 10.6. The molecule has 3 nitrogen and oxygen atoms in total. The Balaban J connectivity index is 2.38. The molecule has 0 saturated carbocycles. The number of carbonyl (C=O) groups is 1. The van der Waals surface area contributed by atoms with Crippen LogP contribution in [0.4, 0.5) is 5.69 Å². The number of nitrogens with one attached hydrogen (secondary N) is 1. The van der Waals surface area contributed by atoms with Crippen molar-refractivity contribution < 1.29 is 9.53 Å². The normalized spacial score (nSPS) is 11.2. The molecule has 19 heavy (non-hydrogen) atoms. The Labute approximate surface area is 117 Å². The zero-order valence-corrected chi connectivity index (χ0v) is 13.5. The van der Waals surface area contributed by atoms with Gasteiger partial charge >= 0.3 is 5.97 Å². The van der Waals surface area contributed by atoms with E-state index in [2.05, 4.69) is 25.0 Å². The average Bonchev–Trinajstić information content (AvgIpc) is 2.34. The van der Waals surface area contributed by atoms with Gasteiger partial charge in [-0.3, -0.25) is 0 Å². The largest absolute Gasteiger partial charge is 0.462 e. The minimum absolute atomic E-state index is 0.257. The van der Waals surface area contributed by atoms with Crippen LogP contribution in [0.15, 0.2) is 24.3 Å². The maximum Gasteiger partial charge on any atom is 0.338 e. The third-order valence-electron chi connectivity index (χ3n) is 2.83. The summed E-state index contributed by atoms with van der Waals surface area (Å²) in [6.45, 7) is 10.4. The summed E-state index contributed by atoms with van der Waals surface area (Å²) in [7, 11) is -0.930. The highest BCUT2D eigenvalue weighted by Gasteiger charge is 2.11. The molecule has 0 atom stereocenters. The van der Waals surface area contributed by atoms with Crippen molar-refractivity contribution in [3.05, 3.63) is 29.8 Å². The summed E-state index contributed by atoms with van der Waals surface area (Å²) in [5.41, 5.74) is 1.66. The molecule has 1 rings (SSSR count). The van der Waals surface area contributed by atoms with Gasteiger partial charge in [-0.25, -0.2) is 4.79 Å². The lowest BCUT2D eigenvalue weighted by atomic mass is 10.2. The molecule has 0 spiro atoms. The first kappa shape index (κ1) is 15.8. The number of ether oxygens (including phenoxy) is 1. The molecule has 4 heteroatoms. The standard InChI is InChI=1S/C15H25NO2Si/c1-5-18-15(17)13-7-9-14(10-8-13)16-11-6-12-19(2,3)4/h7-10,16H,5-6,11-12H2,1-4H3. The molecular weight excluding hydrogens is 254 g/mol. The maximum atomic E-state index is 11.5. The second-order valence-electron chi connectivity index (χ2n) is 5.89. The van der Waals surface area contributed by atoms with Crippen molar-refractivity contribution in [2.24, 2.45) is 0 Å². The fraction of sp³-hybridized carbons (Fsp3) is 0.533. The molecule has 1 N–H and O–H groups in total. The highest BCUT2D eigenvalue weighted by molar-refractivity contribution is 6.76. The van der Waals surface area contributed by atoms with Crippen LogP contribution in [0.3, 0.4) is 0 Å². The molecule has 0 amide bonds. The SMILES string of the molecule is CCOC(=O)c1ccc(NCCC[Si](C)(C)C)cc1. The molecule has 0 radical (unpaired) electrons. The van der Waals surface area contributed by atoms with Gasteiger partial charge in [0.05, 0.1) is 12.2 Å². The van der Waals surface area contributed by atoms with Gasteiger partial charge in [-0.1, -0.05) is 25.7 Å². The van der Waals surface area contributed by atoms with Gasteiger partial charge in [0, 0.05) is 20.3 Å². The highest BCUT2D eigenvalue weighted by Crippen LogP contribution is 2.13. The van der Waals surface area contributed by atoms with E-state index >= 15 is 0 Å². The molecular formula is C15H25NO2Si. The van der Waals surface area contributed by atoms with Gasteiger partial charge in [0.25, 0.3) is 0 Å². The van der Waals surface area contributed by atoms with E-state index in [1.165, 1.54) is 12.5 Å². The van der Waals surface area contributed by atoms with Crippen LogP contribution in [0.25, 0.3) is 0 Å². The smallest absolute Gasteiger partial charge is 0.338 e. The van der Waals surface area contributed by atoms with Crippen molar-refractivity contribution in [1.82, 2.24) is 0 Å². The molecule has 0 heterocycles. The quantitative estimate of drug-likeness (QED) is 0.466. The fourth-order valence-electron chi connectivity index (χ4n) is 1.79. The Morgan fingerprint density at radius 3 is 2.37 bits per heavy atom. The first-order valence-electron chi connectivity index (χ1n) is 6.93. The van der Waals surface area contributed by atoms with Gasteiger partial charge < -0.3 is 10.1 Å². The van der Waals surface area contributed by atoms with Crippen LogP contribution in [0.2, 0.25) is 25.7 Å². The van der Waals surface area contributed by atoms with Crippen LogP contribution in [0.5, 0.6) is 0 Å². The van der Waals surface area contributed by atoms with Crippen molar-refractivity contribution in [3.8, 4) is 0 Å². The Morgan fingerprint density at radius 1 is 1.21 bits per heavy atom. The van der Waals surface area contributed by atoms with Crippen molar-refractivity contribution in [2.75, 3.05) is 18.5 Å². The van der Waals surface area contributed by atoms with Gasteiger partial charge in [-0.15, -0.1) is 0 Å². The lowest BCUT2D eigenvalue weighted by Crippen LogP contribution is -2.20. The summed E-state index contributed by atoms with van der Waals surface area (Å²) in [6, 6.07) is 8.81. The lowest BCUT2D eigenvalue weighted by molar-refractivity contribution is 0.0526. The van der Waals surface area contributed by atoms with Crippen molar-refractivity contribution in [3.63, 3.8) is 0 Å². The monoisotopic (exact) mass is 279 g/mol. The topological polar surface area (TPSA) is 38.3 Å². The van der Waals surface area contributed by atoms with Crippen molar-refractivity contribution in [2.45, 2.75) is 39.0 Å². The molecule has 1 aromatic carbocycles. The van der Waals surface area contributed by atoms with E-state index in [0.29, 0.717) is 12.2 Å². The van der Waals surface area contributed by atoms with Crippen LogP contribution < -0.4 is 5.32 Å². The predicted molar refractivity (Wildman–Crippen MR) is 83.7 cm³/mol. The molecule has 0 aromatic heterocycles. The third-order valence-corrected chi connectivity index (χ3v) is 4.68. The van der Waals surface area contributed by atoms with E-state index in [4.69, 9.17) is 4.74 Å². The predicted octanol–water partition coefficient (Wildman–Crippen LogP) is 4.00. The maximum absolute atomic E-state index is 11.5. The Kier molecular flexibility index (Phi) is 6.08. The van der Waals surface area contributed by atoms with Crippen molar-refractivity contribution in [1.29, 1.82) is 0 Å². The van der Waals surface area contributed by atoms with E-state index in [-0.39, 0.29) is 5.97 Å². The second-order valence-corrected chi connectivity index (χ2v) is 11.5. The molecule has 0 bridgehead atoms. The van der Waals surface area contributed by atoms with Gasteiger partial charge in [-0.05, 0) is 37.6 Å². The Hall–Kier alpha value is -1.29. The van der Waals surface area contributed by atoms with Gasteiger partial charge in [0.1, 0.15) is 0 Å². The summed E-state index contributed by atoms with van der Waals surface area (Å²) in [6.07, 6.45) is 1.20. The highest BCUT2D eigenvalue weighted by atomic mass is 28.3. The molecule has 0 unspecified atom stereocenters. The molecule has 0 aliphatic carbocycles. The second kappa shape index (κ2) is 7.33. The van der Waals surface area contributed by atoms with Crippen molar-refractivity contribution >= 4 is 19.7 Å². The van der Waals surface area contributed by atoms with E-state index < -0.39 is 8.07 Å². The van der Waals surface area contributed by atoms with Crippen LogP contribution in [0.1, 0.15) is 23.7 Å². The number of hydrogen-bond donors (Lipinski definition) is 1. The number of anilines is 1. The van der Waals surface area contributed by atoms with Crippen LogP contribution >= 0.6 is 0 Å². The van der Waals surface area contributed by atoms with Crippen LogP contribution in [-0.2, 0) is 4.74 Å². The van der Waals surface area contributed by atoms with Crippen LogP contribution in [-0.4, -0.2) is 27.2 Å². The Morgan fingerprint density at radius 2 is 1.84 bits per heavy atom. The van der Waals surface area contributed by atoms with Gasteiger partial charge in [0.15, 0.2) is 0 Å². The minimum atomic E-state index is -0.930.